The molecular weight excluding hydrogens is 304 g/mol. The summed E-state index contributed by atoms with van der Waals surface area (Å²) in [6, 6.07) is 6.27. The summed E-state index contributed by atoms with van der Waals surface area (Å²) >= 11 is 0. The van der Waals surface area contributed by atoms with Gasteiger partial charge in [0, 0.05) is 25.3 Å². The van der Waals surface area contributed by atoms with Crippen LogP contribution in [0, 0.1) is 17.2 Å². The molecule has 3 atom stereocenters. The number of amides is 1. The van der Waals surface area contributed by atoms with Gasteiger partial charge in [0.15, 0.2) is 0 Å². The first-order valence-corrected chi connectivity index (χ1v) is 8.41. The van der Waals surface area contributed by atoms with Crippen molar-refractivity contribution in [2.45, 2.75) is 51.8 Å². The predicted molar refractivity (Wildman–Crippen MR) is 90.6 cm³/mol. The van der Waals surface area contributed by atoms with Crippen LogP contribution in [0.15, 0.2) is 18.3 Å². The highest BCUT2D eigenvalue weighted by molar-refractivity contribution is 5.69. The number of likely N-dealkylation sites (tertiary alicyclic amines) is 1. The molecule has 3 rings (SSSR count). The predicted octanol–water partition coefficient (Wildman–Crippen LogP) is 2.79. The normalized spacial score (nSPS) is 26.2. The molecule has 2 aliphatic heterocycles. The Balaban J connectivity index is 1.77. The van der Waals surface area contributed by atoms with Crippen LogP contribution in [0.2, 0.25) is 0 Å². The summed E-state index contributed by atoms with van der Waals surface area (Å²) < 4.78 is 5.52. The van der Waals surface area contributed by atoms with Crippen LogP contribution >= 0.6 is 0 Å². The number of hydrogen-bond acceptors (Lipinski definition) is 5. The molecule has 2 unspecified atom stereocenters. The van der Waals surface area contributed by atoms with E-state index in [9.17, 15) is 4.79 Å². The highest BCUT2D eigenvalue weighted by Gasteiger charge is 2.46. The molecule has 6 heteroatoms. The van der Waals surface area contributed by atoms with E-state index in [0.29, 0.717) is 24.6 Å². The van der Waals surface area contributed by atoms with E-state index in [1.54, 1.807) is 12.3 Å². The van der Waals surface area contributed by atoms with Crippen molar-refractivity contribution in [3.63, 3.8) is 0 Å². The van der Waals surface area contributed by atoms with Crippen LogP contribution in [0.4, 0.5) is 10.6 Å². The zero-order valence-electron chi connectivity index (χ0n) is 14.7. The molecule has 6 nitrogen and oxygen atoms in total. The van der Waals surface area contributed by atoms with Crippen LogP contribution in [-0.2, 0) is 4.74 Å². The molecule has 3 heterocycles. The third kappa shape index (κ3) is 3.16. The molecule has 0 saturated carbocycles. The summed E-state index contributed by atoms with van der Waals surface area (Å²) in [5.41, 5.74) is 0.0830. The van der Waals surface area contributed by atoms with E-state index < -0.39 is 5.60 Å². The standard InChI is InChI=1S/C18H24N4O2/c1-12-7-14-10-21(17(23)24-18(2,3)4)11-15(12)22(14)16-6-5-13(8-19)9-20-16/h5-6,9,12,14-15H,7,10-11H2,1-4H3/t12-,14?,15?/m0/s1. The average Bonchev–Trinajstić information content (AvgIpc) is 2.71. The molecule has 2 saturated heterocycles. The van der Waals surface area contributed by atoms with E-state index in [0.717, 1.165) is 12.2 Å². The molecule has 24 heavy (non-hydrogen) atoms. The molecule has 2 fully saturated rings. The van der Waals surface area contributed by atoms with Crippen molar-refractivity contribution in [2.24, 2.45) is 5.92 Å². The summed E-state index contributed by atoms with van der Waals surface area (Å²) in [5.74, 6) is 1.37. The van der Waals surface area contributed by atoms with Gasteiger partial charge in [-0.25, -0.2) is 9.78 Å². The average molecular weight is 328 g/mol. The smallest absolute Gasteiger partial charge is 0.410 e. The molecule has 2 bridgehead atoms. The second kappa shape index (κ2) is 5.97. The zero-order chi connectivity index (χ0) is 17.5. The molecular formula is C18H24N4O2. The summed E-state index contributed by atoms with van der Waals surface area (Å²) in [5, 5.41) is 8.92. The number of carbonyl (C=O) groups excluding carboxylic acids is 1. The Morgan fingerprint density at radius 1 is 1.38 bits per heavy atom. The van der Waals surface area contributed by atoms with Gasteiger partial charge in [-0.05, 0) is 45.2 Å². The topological polar surface area (TPSA) is 69.5 Å². The molecule has 1 aromatic heterocycles. The second-order valence-corrected chi connectivity index (χ2v) is 7.74. The number of hydrogen-bond donors (Lipinski definition) is 0. The molecule has 0 aliphatic carbocycles. The first-order valence-electron chi connectivity index (χ1n) is 8.41. The lowest BCUT2D eigenvalue weighted by Crippen LogP contribution is -2.57. The minimum atomic E-state index is -0.479. The number of aromatic nitrogens is 1. The van der Waals surface area contributed by atoms with E-state index in [1.165, 1.54) is 0 Å². The van der Waals surface area contributed by atoms with Gasteiger partial charge in [0.2, 0.25) is 0 Å². The van der Waals surface area contributed by atoms with Crippen LogP contribution in [0.25, 0.3) is 0 Å². The second-order valence-electron chi connectivity index (χ2n) is 7.74. The van der Waals surface area contributed by atoms with Crippen molar-refractivity contribution in [3.8, 4) is 6.07 Å². The monoisotopic (exact) mass is 328 g/mol. The van der Waals surface area contributed by atoms with Crippen molar-refractivity contribution in [2.75, 3.05) is 18.0 Å². The molecule has 2 aliphatic rings. The number of nitriles is 1. The van der Waals surface area contributed by atoms with Crippen molar-refractivity contribution < 1.29 is 9.53 Å². The largest absolute Gasteiger partial charge is 0.444 e. The Hall–Kier alpha value is -2.29. The van der Waals surface area contributed by atoms with Crippen LogP contribution in [-0.4, -0.2) is 46.8 Å². The van der Waals surface area contributed by atoms with Gasteiger partial charge in [-0.1, -0.05) is 6.92 Å². The van der Waals surface area contributed by atoms with Crippen LogP contribution in [0.5, 0.6) is 0 Å². The molecule has 0 radical (unpaired) electrons. The lowest BCUT2D eigenvalue weighted by molar-refractivity contribution is 0.0206. The quantitative estimate of drug-likeness (QED) is 0.793. The van der Waals surface area contributed by atoms with Gasteiger partial charge in [-0.15, -0.1) is 0 Å². The highest BCUT2D eigenvalue weighted by Crippen LogP contribution is 2.37. The Morgan fingerprint density at radius 2 is 2.12 bits per heavy atom. The highest BCUT2D eigenvalue weighted by atomic mass is 16.6. The first kappa shape index (κ1) is 16.6. The minimum absolute atomic E-state index is 0.233. The fraction of sp³-hybridized carbons (Fsp3) is 0.611. The number of carbonyl (C=O) groups is 1. The number of nitrogens with zero attached hydrogens (tertiary/aromatic N) is 4. The maximum Gasteiger partial charge on any atom is 0.410 e. The van der Waals surface area contributed by atoms with E-state index >= 15 is 0 Å². The SMILES string of the molecule is C[C@H]1CC2CN(C(=O)OC(C)(C)C)CC1N2c1ccc(C#N)cn1. The number of fused-ring (bicyclic) bond motifs is 2. The maximum absolute atomic E-state index is 12.4. The lowest BCUT2D eigenvalue weighted by atomic mass is 10.0. The fourth-order valence-corrected chi connectivity index (χ4v) is 3.67. The van der Waals surface area contributed by atoms with Crippen molar-refractivity contribution in [3.05, 3.63) is 23.9 Å². The number of rotatable bonds is 1. The first-order chi connectivity index (χ1) is 11.3. The fourth-order valence-electron chi connectivity index (χ4n) is 3.67. The lowest BCUT2D eigenvalue weighted by Gasteiger charge is -2.42. The van der Waals surface area contributed by atoms with Gasteiger partial charge < -0.3 is 14.5 Å². The molecule has 128 valence electrons. The van der Waals surface area contributed by atoms with Crippen molar-refractivity contribution >= 4 is 11.9 Å². The van der Waals surface area contributed by atoms with Gasteiger partial charge in [0.25, 0.3) is 0 Å². The van der Waals surface area contributed by atoms with Gasteiger partial charge in [0.1, 0.15) is 17.5 Å². The third-order valence-corrected chi connectivity index (χ3v) is 4.68. The Bertz CT molecular complexity index is 659. The van der Waals surface area contributed by atoms with Crippen LogP contribution in [0.3, 0.4) is 0 Å². The number of piperazine rings is 1. The summed E-state index contributed by atoms with van der Waals surface area (Å²) in [6.45, 7) is 9.18. The van der Waals surface area contributed by atoms with E-state index in [1.807, 2.05) is 31.7 Å². The van der Waals surface area contributed by atoms with E-state index in [4.69, 9.17) is 10.00 Å². The van der Waals surface area contributed by atoms with E-state index in [-0.39, 0.29) is 18.2 Å². The van der Waals surface area contributed by atoms with Gasteiger partial charge in [-0.2, -0.15) is 5.26 Å². The summed E-state index contributed by atoms with van der Waals surface area (Å²) in [7, 11) is 0. The van der Waals surface area contributed by atoms with Crippen molar-refractivity contribution in [1.29, 1.82) is 5.26 Å². The van der Waals surface area contributed by atoms with Gasteiger partial charge >= 0.3 is 6.09 Å². The summed E-state index contributed by atoms with van der Waals surface area (Å²) in [6.07, 6.45) is 2.41. The number of ether oxygens (including phenoxy) is 1. The Labute approximate surface area is 143 Å². The minimum Gasteiger partial charge on any atom is -0.444 e. The molecule has 0 spiro atoms. The Kier molecular flexibility index (Phi) is 4.12. The molecule has 0 aromatic carbocycles. The van der Waals surface area contributed by atoms with Crippen molar-refractivity contribution in [1.82, 2.24) is 9.88 Å². The van der Waals surface area contributed by atoms with Gasteiger partial charge in [0.05, 0.1) is 11.6 Å². The van der Waals surface area contributed by atoms with Crippen LogP contribution in [0.1, 0.15) is 39.7 Å². The molecule has 1 amide bonds. The molecule has 0 N–H and O–H groups in total. The van der Waals surface area contributed by atoms with E-state index in [2.05, 4.69) is 22.9 Å². The van der Waals surface area contributed by atoms with Crippen LogP contribution < -0.4 is 4.90 Å². The third-order valence-electron chi connectivity index (χ3n) is 4.68. The maximum atomic E-state index is 12.4. The molecule has 1 aromatic rings. The number of pyridine rings is 1. The number of anilines is 1. The zero-order valence-corrected chi connectivity index (χ0v) is 14.7. The summed E-state index contributed by atoms with van der Waals surface area (Å²) in [4.78, 5) is 21.0. The Morgan fingerprint density at radius 3 is 2.67 bits per heavy atom. The van der Waals surface area contributed by atoms with Gasteiger partial charge in [-0.3, -0.25) is 0 Å².